The highest BCUT2D eigenvalue weighted by atomic mass is 16.4. The minimum Gasteiger partial charge on any atom is -0.477 e. The van der Waals surface area contributed by atoms with Crippen LogP contribution in [0.25, 0.3) is 0 Å². The van der Waals surface area contributed by atoms with Crippen LogP contribution in [-0.4, -0.2) is 16.1 Å². The molecule has 1 atom stereocenters. The Balaban J connectivity index is 2.00. The maximum Gasteiger partial charge on any atom is 0.354 e. The molecule has 0 bridgehead atoms. The fraction of sp³-hybridized carbons (Fsp3) is 0.188. The number of rotatable bonds is 5. The number of pyridine rings is 1. The van der Waals surface area contributed by atoms with Gasteiger partial charge in [0, 0.05) is 12.6 Å². The van der Waals surface area contributed by atoms with Gasteiger partial charge in [0.25, 0.3) is 0 Å². The number of benzene rings is 1. The van der Waals surface area contributed by atoms with E-state index in [0.29, 0.717) is 17.8 Å². The number of nitrogens with zero attached hydrogens (tertiary/aromatic N) is 2. The normalized spacial score (nSPS) is 11.6. The van der Waals surface area contributed by atoms with Gasteiger partial charge in [0.1, 0.15) is 5.69 Å². The molecule has 0 fully saturated rings. The molecule has 0 amide bonds. The third kappa shape index (κ3) is 3.88. The fourth-order valence-corrected chi connectivity index (χ4v) is 1.92. The van der Waals surface area contributed by atoms with Crippen molar-refractivity contribution < 1.29 is 9.90 Å². The Kier molecular flexibility index (Phi) is 4.64. The second kappa shape index (κ2) is 6.64. The minimum atomic E-state index is -1.03. The monoisotopic (exact) mass is 281 g/mol. The van der Waals surface area contributed by atoms with E-state index in [1.54, 1.807) is 24.3 Å². The van der Waals surface area contributed by atoms with Crippen LogP contribution in [0.3, 0.4) is 0 Å². The zero-order valence-corrected chi connectivity index (χ0v) is 11.6. The summed E-state index contributed by atoms with van der Waals surface area (Å²) in [6, 6.07) is 14.4. The molecule has 1 aromatic carbocycles. The van der Waals surface area contributed by atoms with E-state index in [2.05, 4.69) is 16.4 Å². The van der Waals surface area contributed by atoms with E-state index >= 15 is 0 Å². The summed E-state index contributed by atoms with van der Waals surface area (Å²) < 4.78 is 0. The average molecular weight is 281 g/mol. The van der Waals surface area contributed by atoms with Crippen LogP contribution in [-0.2, 0) is 6.54 Å². The van der Waals surface area contributed by atoms with Crippen LogP contribution < -0.4 is 5.32 Å². The number of nitriles is 1. The Morgan fingerprint density at radius 1 is 1.33 bits per heavy atom. The van der Waals surface area contributed by atoms with Gasteiger partial charge in [0.15, 0.2) is 0 Å². The SMILES string of the molecule is CC(NCc1cccc(C(=O)O)n1)c1ccc(C#N)cc1. The van der Waals surface area contributed by atoms with Gasteiger partial charge >= 0.3 is 5.97 Å². The van der Waals surface area contributed by atoms with E-state index in [1.807, 2.05) is 19.1 Å². The maximum absolute atomic E-state index is 10.9. The number of carboxylic acid groups (broad SMARTS) is 1. The summed E-state index contributed by atoms with van der Waals surface area (Å²) in [5, 5.41) is 21.0. The predicted octanol–water partition coefficient (Wildman–Crippen LogP) is 2.50. The highest BCUT2D eigenvalue weighted by molar-refractivity contribution is 5.85. The van der Waals surface area contributed by atoms with E-state index in [0.717, 1.165) is 5.56 Å². The van der Waals surface area contributed by atoms with Gasteiger partial charge in [-0.25, -0.2) is 9.78 Å². The van der Waals surface area contributed by atoms with Crippen LogP contribution >= 0.6 is 0 Å². The van der Waals surface area contributed by atoms with Gasteiger partial charge in [-0.15, -0.1) is 0 Å². The smallest absolute Gasteiger partial charge is 0.354 e. The topological polar surface area (TPSA) is 86.0 Å². The van der Waals surface area contributed by atoms with Crippen molar-refractivity contribution in [3.8, 4) is 6.07 Å². The third-order valence-electron chi connectivity index (χ3n) is 3.16. The van der Waals surface area contributed by atoms with Gasteiger partial charge in [-0.05, 0) is 36.8 Å². The van der Waals surface area contributed by atoms with Crippen LogP contribution in [0.5, 0.6) is 0 Å². The number of aromatic carboxylic acids is 1. The number of nitrogens with one attached hydrogen (secondary N) is 1. The summed E-state index contributed by atoms with van der Waals surface area (Å²) in [6.45, 7) is 2.48. The zero-order valence-electron chi connectivity index (χ0n) is 11.6. The molecule has 2 rings (SSSR count). The molecule has 0 saturated carbocycles. The molecule has 21 heavy (non-hydrogen) atoms. The van der Waals surface area contributed by atoms with E-state index < -0.39 is 5.97 Å². The van der Waals surface area contributed by atoms with Gasteiger partial charge in [-0.3, -0.25) is 0 Å². The summed E-state index contributed by atoms with van der Waals surface area (Å²) >= 11 is 0. The lowest BCUT2D eigenvalue weighted by Crippen LogP contribution is -2.19. The lowest BCUT2D eigenvalue weighted by Gasteiger charge is -2.14. The quantitative estimate of drug-likeness (QED) is 0.879. The lowest BCUT2D eigenvalue weighted by molar-refractivity contribution is 0.0690. The highest BCUT2D eigenvalue weighted by Gasteiger charge is 2.08. The Morgan fingerprint density at radius 2 is 2.05 bits per heavy atom. The van der Waals surface area contributed by atoms with Gasteiger partial charge in [0.2, 0.25) is 0 Å². The van der Waals surface area contributed by atoms with Crippen molar-refractivity contribution >= 4 is 5.97 Å². The molecule has 0 radical (unpaired) electrons. The Hall–Kier alpha value is -2.71. The predicted molar refractivity (Wildman–Crippen MR) is 77.6 cm³/mol. The van der Waals surface area contributed by atoms with Gasteiger partial charge in [-0.1, -0.05) is 18.2 Å². The molecule has 2 N–H and O–H groups in total. The van der Waals surface area contributed by atoms with E-state index in [-0.39, 0.29) is 11.7 Å². The standard InChI is InChI=1S/C16H15N3O2/c1-11(13-7-5-12(9-17)6-8-13)18-10-14-3-2-4-15(19-14)16(20)21/h2-8,11,18H,10H2,1H3,(H,20,21). The van der Waals surface area contributed by atoms with Crippen molar-refractivity contribution in [3.05, 3.63) is 65.0 Å². The van der Waals surface area contributed by atoms with Crippen molar-refractivity contribution in [1.29, 1.82) is 5.26 Å². The molecule has 1 unspecified atom stereocenters. The number of hydrogen-bond acceptors (Lipinski definition) is 4. The third-order valence-corrected chi connectivity index (χ3v) is 3.16. The largest absolute Gasteiger partial charge is 0.477 e. The molecule has 0 aliphatic carbocycles. The van der Waals surface area contributed by atoms with Crippen molar-refractivity contribution in [3.63, 3.8) is 0 Å². The second-order valence-corrected chi connectivity index (χ2v) is 4.66. The molecule has 1 aromatic heterocycles. The fourth-order valence-electron chi connectivity index (χ4n) is 1.92. The molecule has 106 valence electrons. The summed E-state index contributed by atoms with van der Waals surface area (Å²) in [5.74, 6) is -1.03. The Morgan fingerprint density at radius 3 is 2.67 bits per heavy atom. The van der Waals surface area contributed by atoms with Gasteiger partial charge < -0.3 is 10.4 Å². The van der Waals surface area contributed by atoms with Crippen molar-refractivity contribution in [1.82, 2.24) is 10.3 Å². The molecule has 0 saturated heterocycles. The van der Waals surface area contributed by atoms with Crippen LogP contribution in [0, 0.1) is 11.3 Å². The first-order valence-corrected chi connectivity index (χ1v) is 6.53. The summed E-state index contributed by atoms with van der Waals surface area (Å²) in [7, 11) is 0. The summed E-state index contributed by atoms with van der Waals surface area (Å²) in [6.07, 6.45) is 0. The van der Waals surface area contributed by atoms with Crippen LogP contribution in [0.4, 0.5) is 0 Å². The highest BCUT2D eigenvalue weighted by Crippen LogP contribution is 2.13. The van der Waals surface area contributed by atoms with E-state index in [4.69, 9.17) is 10.4 Å². The van der Waals surface area contributed by atoms with Gasteiger partial charge in [0.05, 0.1) is 17.3 Å². The summed E-state index contributed by atoms with van der Waals surface area (Å²) in [5.41, 5.74) is 2.40. The molecular weight excluding hydrogens is 266 g/mol. The molecule has 2 aromatic rings. The first-order chi connectivity index (χ1) is 10.1. The first kappa shape index (κ1) is 14.7. The van der Waals surface area contributed by atoms with Gasteiger partial charge in [-0.2, -0.15) is 5.26 Å². The molecule has 0 aliphatic heterocycles. The second-order valence-electron chi connectivity index (χ2n) is 4.66. The molecule has 0 aliphatic rings. The van der Waals surface area contributed by atoms with Crippen molar-refractivity contribution in [2.24, 2.45) is 0 Å². The first-order valence-electron chi connectivity index (χ1n) is 6.53. The summed E-state index contributed by atoms with van der Waals surface area (Å²) in [4.78, 5) is 14.9. The Bertz CT molecular complexity index is 675. The molecular formula is C16H15N3O2. The van der Waals surface area contributed by atoms with E-state index in [9.17, 15) is 4.79 Å². The molecule has 1 heterocycles. The van der Waals surface area contributed by atoms with Crippen molar-refractivity contribution in [2.45, 2.75) is 19.5 Å². The number of aromatic nitrogens is 1. The Labute approximate surface area is 122 Å². The lowest BCUT2D eigenvalue weighted by atomic mass is 10.1. The molecule has 5 nitrogen and oxygen atoms in total. The van der Waals surface area contributed by atoms with E-state index in [1.165, 1.54) is 6.07 Å². The number of carboxylic acids is 1. The minimum absolute atomic E-state index is 0.0420. The van der Waals surface area contributed by atoms with Crippen LogP contribution in [0.1, 0.15) is 40.3 Å². The average Bonchev–Trinajstić information content (AvgIpc) is 2.53. The van der Waals surface area contributed by atoms with Crippen LogP contribution in [0.15, 0.2) is 42.5 Å². The number of carbonyl (C=O) groups is 1. The molecule has 5 heteroatoms. The van der Waals surface area contributed by atoms with Crippen molar-refractivity contribution in [2.75, 3.05) is 0 Å². The molecule has 0 spiro atoms. The van der Waals surface area contributed by atoms with Crippen LogP contribution in [0.2, 0.25) is 0 Å². The maximum atomic E-state index is 10.9. The number of hydrogen-bond donors (Lipinski definition) is 2. The zero-order chi connectivity index (χ0) is 15.2.